The van der Waals surface area contributed by atoms with Gasteiger partial charge >= 0.3 is 25.4 Å². The maximum atomic E-state index is 8.54. The molecule has 0 aromatic carbocycles. The van der Waals surface area contributed by atoms with Gasteiger partial charge in [-0.15, -0.1) is 0 Å². The fourth-order valence-electron chi connectivity index (χ4n) is 0. The van der Waals surface area contributed by atoms with Crippen molar-refractivity contribution in [1.82, 2.24) is 12.3 Å². The Morgan fingerprint density at radius 1 is 0.636 bits per heavy atom. The number of rotatable bonds is 0. The van der Waals surface area contributed by atoms with Crippen LogP contribution in [0.5, 0.6) is 0 Å². The Morgan fingerprint density at radius 2 is 0.636 bits per heavy atom. The van der Waals surface area contributed by atoms with E-state index in [0.717, 1.165) is 0 Å². The van der Waals surface area contributed by atoms with Gasteiger partial charge in [0.15, 0.2) is 0 Å². The van der Waals surface area contributed by atoms with E-state index in [1.54, 1.807) is 0 Å². The molecular weight excluding hydrogens is 228 g/mol. The van der Waals surface area contributed by atoms with Crippen LogP contribution in [0, 0.1) is 0 Å². The molecule has 6 N–H and O–H groups in total. The summed E-state index contributed by atoms with van der Waals surface area (Å²) in [6, 6.07) is 0. The molecule has 0 aromatic rings. The van der Waals surface area contributed by atoms with Crippen LogP contribution in [0.3, 0.4) is 0 Å². The van der Waals surface area contributed by atoms with Crippen molar-refractivity contribution in [2.24, 2.45) is 0 Å². The van der Waals surface area contributed by atoms with E-state index >= 15 is 0 Å². The van der Waals surface area contributed by atoms with Gasteiger partial charge in [-0.05, 0) is 0 Å². The summed E-state index contributed by atoms with van der Waals surface area (Å²) in [6.45, 7) is 0. The van der Waals surface area contributed by atoms with Crippen molar-refractivity contribution in [3.05, 3.63) is 0 Å². The first-order chi connectivity index (χ1) is 1.73. The fraction of sp³-hybridized carbons (Fsp3) is 1.00. The van der Waals surface area contributed by atoms with Gasteiger partial charge in [0.1, 0.15) is 0 Å². The van der Waals surface area contributed by atoms with Crippen LogP contribution in [0.25, 0.3) is 0 Å². The standard InChI is InChI=1S/4CH4.2Cr.2H3N.3O/h4*1H4;;;2*1H3;;;. The summed E-state index contributed by atoms with van der Waals surface area (Å²) in [4.78, 5) is 0. The minimum absolute atomic E-state index is 0. The van der Waals surface area contributed by atoms with Gasteiger partial charge in [-0.1, -0.05) is 29.7 Å². The first-order valence-corrected chi connectivity index (χ1v) is 2.06. The molecule has 0 amide bonds. The van der Waals surface area contributed by atoms with Crippen molar-refractivity contribution < 1.29 is 42.7 Å². The predicted octanol–water partition coefficient (Wildman–Crippen LogP) is 2.51. The summed E-state index contributed by atoms with van der Waals surface area (Å²) < 4.78 is 25.6. The van der Waals surface area contributed by atoms with Gasteiger partial charge < -0.3 is 12.3 Å². The molecule has 0 saturated heterocycles. The molecule has 78 valence electrons. The SMILES string of the molecule is C.C.C.C.N.N.[Cr].[O]=[Cr](=[O])=[O]. The number of hydrogen-bond donors (Lipinski definition) is 2. The molecule has 0 bridgehead atoms. The van der Waals surface area contributed by atoms with Gasteiger partial charge in [0.2, 0.25) is 0 Å². The van der Waals surface area contributed by atoms with E-state index < -0.39 is 14.0 Å². The molecule has 0 saturated carbocycles. The zero-order valence-electron chi connectivity index (χ0n) is 3.46. The van der Waals surface area contributed by atoms with Crippen LogP contribution in [0.2, 0.25) is 0 Å². The van der Waals surface area contributed by atoms with Gasteiger partial charge in [0.05, 0.1) is 0 Å². The topological polar surface area (TPSA) is 121 Å². The van der Waals surface area contributed by atoms with Crippen molar-refractivity contribution in [1.29, 1.82) is 0 Å². The van der Waals surface area contributed by atoms with Gasteiger partial charge in [0.25, 0.3) is 0 Å². The molecule has 0 aliphatic carbocycles. The molecular formula is C4H22Cr2N2O3. The van der Waals surface area contributed by atoms with Crippen molar-refractivity contribution in [3.8, 4) is 0 Å². The average molecular weight is 250 g/mol. The molecule has 11 heavy (non-hydrogen) atoms. The Bertz CT molecular complexity index is 90.7. The first kappa shape index (κ1) is 107. The number of hydrogen-bond acceptors (Lipinski definition) is 5. The van der Waals surface area contributed by atoms with Gasteiger partial charge in [0, 0.05) is 17.4 Å². The van der Waals surface area contributed by atoms with Crippen LogP contribution in [-0.2, 0) is 42.7 Å². The molecule has 0 heterocycles. The van der Waals surface area contributed by atoms with Crippen molar-refractivity contribution >= 4 is 0 Å². The molecule has 7 heteroatoms. The van der Waals surface area contributed by atoms with Crippen LogP contribution in [0.1, 0.15) is 29.7 Å². The summed E-state index contributed by atoms with van der Waals surface area (Å²) in [7, 11) is 0. The van der Waals surface area contributed by atoms with Gasteiger partial charge in [-0.2, -0.15) is 0 Å². The second kappa shape index (κ2) is 79.8. The van der Waals surface area contributed by atoms with E-state index in [4.69, 9.17) is 11.4 Å². The van der Waals surface area contributed by atoms with Crippen LogP contribution in [-0.4, -0.2) is 0 Å². The van der Waals surface area contributed by atoms with Crippen molar-refractivity contribution in [2.75, 3.05) is 0 Å². The Hall–Kier alpha value is 0.385. The summed E-state index contributed by atoms with van der Waals surface area (Å²) in [5, 5.41) is 0. The zero-order valence-corrected chi connectivity index (χ0v) is 6.01. The second-order valence-electron chi connectivity index (χ2n) is 0.204. The second-order valence-corrected chi connectivity index (χ2v) is 0.842. The van der Waals surface area contributed by atoms with E-state index in [1.165, 1.54) is 0 Å². The molecule has 0 fully saturated rings. The third-order valence-electron chi connectivity index (χ3n) is 0. The summed E-state index contributed by atoms with van der Waals surface area (Å²) >= 11 is -3.79. The quantitative estimate of drug-likeness (QED) is 0.683. The normalized spacial score (nSPS) is 2.18. The third-order valence-corrected chi connectivity index (χ3v) is 0. The molecule has 0 aromatic heterocycles. The third kappa shape index (κ3) is 4930. The summed E-state index contributed by atoms with van der Waals surface area (Å²) in [5.74, 6) is 0. The average Bonchev–Trinajstić information content (AvgIpc) is 0.811. The Balaban J connectivity index is -0.00000000214. The van der Waals surface area contributed by atoms with Crippen molar-refractivity contribution in [3.63, 3.8) is 0 Å². The molecule has 0 aliphatic rings. The van der Waals surface area contributed by atoms with E-state index in [2.05, 4.69) is 0 Å². The minimum atomic E-state index is -3.79. The van der Waals surface area contributed by atoms with Crippen LogP contribution in [0.4, 0.5) is 0 Å². The van der Waals surface area contributed by atoms with Gasteiger partial charge in [-0.3, -0.25) is 0 Å². The molecule has 0 atom stereocenters. The molecule has 0 rings (SSSR count). The van der Waals surface area contributed by atoms with E-state index in [-0.39, 0.29) is 59.4 Å². The van der Waals surface area contributed by atoms with E-state index in [1.807, 2.05) is 0 Å². The molecule has 5 nitrogen and oxygen atoms in total. The zero-order chi connectivity index (χ0) is 3.58. The van der Waals surface area contributed by atoms with Gasteiger partial charge in [-0.25, -0.2) is 0 Å². The predicted molar refractivity (Wildman–Crippen MR) is 39.0 cm³/mol. The monoisotopic (exact) mass is 250 g/mol. The van der Waals surface area contributed by atoms with Crippen LogP contribution >= 0.6 is 0 Å². The fourth-order valence-corrected chi connectivity index (χ4v) is 0. The Labute approximate surface area is 84.9 Å². The maximum absolute atomic E-state index is 8.54. The van der Waals surface area contributed by atoms with Crippen LogP contribution in [0.15, 0.2) is 0 Å². The molecule has 0 unspecified atom stereocenters. The van der Waals surface area contributed by atoms with Crippen LogP contribution < -0.4 is 12.3 Å². The molecule has 0 radical (unpaired) electrons. The molecule has 0 spiro atoms. The summed E-state index contributed by atoms with van der Waals surface area (Å²) in [5.41, 5.74) is 0. The van der Waals surface area contributed by atoms with E-state index in [0.29, 0.717) is 0 Å². The molecule has 0 aliphatic heterocycles. The Kier molecular flexibility index (Phi) is 778. The first-order valence-electron chi connectivity index (χ1n) is 0.500. The van der Waals surface area contributed by atoms with Crippen molar-refractivity contribution in [2.45, 2.75) is 29.7 Å². The Morgan fingerprint density at radius 3 is 0.636 bits per heavy atom. The summed E-state index contributed by atoms with van der Waals surface area (Å²) in [6.07, 6.45) is 0. The van der Waals surface area contributed by atoms with E-state index in [9.17, 15) is 0 Å².